The molecule has 1 fully saturated rings. The van der Waals surface area contributed by atoms with Crippen molar-refractivity contribution in [2.24, 2.45) is 0 Å². The Morgan fingerprint density at radius 3 is 2.12 bits per heavy atom. The van der Waals surface area contributed by atoms with Crippen LogP contribution in [0.1, 0.15) is 26.3 Å². The topological polar surface area (TPSA) is 110 Å². The number of hydrogen-bond acceptors (Lipinski definition) is 10. The van der Waals surface area contributed by atoms with Crippen LogP contribution in [0.25, 0.3) is 11.3 Å². The lowest BCUT2D eigenvalue weighted by Gasteiger charge is -2.40. The lowest BCUT2D eigenvalue weighted by atomic mass is 10.1. The Balaban J connectivity index is 1.97. The van der Waals surface area contributed by atoms with Gasteiger partial charge in [-0.05, 0) is 42.8 Å². The number of esters is 3. The van der Waals surface area contributed by atoms with E-state index in [0.717, 1.165) is 11.1 Å². The van der Waals surface area contributed by atoms with Gasteiger partial charge in [-0.2, -0.15) is 0 Å². The fourth-order valence-electron chi connectivity index (χ4n) is 3.57. The quantitative estimate of drug-likeness (QED) is 0.424. The van der Waals surface area contributed by atoms with Gasteiger partial charge in [-0.3, -0.25) is 19.4 Å². The number of aromatic nitrogens is 1. The Hall–Kier alpha value is -3.27. The van der Waals surface area contributed by atoms with Crippen LogP contribution in [0.5, 0.6) is 11.5 Å². The molecule has 2 heterocycles. The number of rotatable bonds is 7. The maximum absolute atomic E-state index is 11.9. The van der Waals surface area contributed by atoms with Crippen LogP contribution in [0.3, 0.4) is 0 Å². The van der Waals surface area contributed by atoms with Crippen molar-refractivity contribution in [2.75, 3.05) is 12.9 Å². The molecule has 182 valence electrons. The molecule has 34 heavy (non-hydrogen) atoms. The highest BCUT2D eigenvalue weighted by atomic mass is 32.2. The van der Waals surface area contributed by atoms with Crippen LogP contribution >= 0.6 is 11.8 Å². The first kappa shape index (κ1) is 25.4. The molecule has 0 bridgehead atoms. The van der Waals surface area contributed by atoms with Gasteiger partial charge in [0.1, 0.15) is 17.2 Å². The van der Waals surface area contributed by atoms with Gasteiger partial charge in [0.2, 0.25) is 0 Å². The molecule has 0 radical (unpaired) electrons. The van der Waals surface area contributed by atoms with Crippen LogP contribution in [-0.2, 0) is 28.6 Å². The first-order valence-electron chi connectivity index (χ1n) is 10.6. The van der Waals surface area contributed by atoms with Crippen molar-refractivity contribution in [3.8, 4) is 22.8 Å². The molecule has 1 saturated heterocycles. The maximum atomic E-state index is 11.9. The molecule has 3 rings (SSSR count). The van der Waals surface area contributed by atoms with E-state index >= 15 is 0 Å². The summed E-state index contributed by atoms with van der Waals surface area (Å²) >= 11 is 1.29. The van der Waals surface area contributed by atoms with Gasteiger partial charge >= 0.3 is 17.9 Å². The van der Waals surface area contributed by atoms with Gasteiger partial charge in [0.15, 0.2) is 23.7 Å². The molecule has 0 N–H and O–H groups in total. The van der Waals surface area contributed by atoms with E-state index in [9.17, 15) is 14.4 Å². The van der Waals surface area contributed by atoms with E-state index < -0.39 is 41.7 Å². The summed E-state index contributed by atoms with van der Waals surface area (Å²) in [4.78, 5) is 39.8. The Bertz CT molecular complexity index is 1040. The van der Waals surface area contributed by atoms with Gasteiger partial charge in [-0.1, -0.05) is 0 Å². The number of carbonyl (C=O) groups is 3. The van der Waals surface area contributed by atoms with Crippen LogP contribution in [0.2, 0.25) is 0 Å². The fourth-order valence-corrected chi connectivity index (χ4v) is 4.78. The monoisotopic (exact) mass is 489 g/mol. The largest absolute Gasteiger partial charge is 0.497 e. The van der Waals surface area contributed by atoms with Crippen LogP contribution in [0, 0.1) is 6.92 Å². The number of benzene rings is 1. The van der Waals surface area contributed by atoms with Crippen LogP contribution in [-0.4, -0.2) is 59.5 Å². The third-order valence-electron chi connectivity index (χ3n) is 5.00. The van der Waals surface area contributed by atoms with Crippen molar-refractivity contribution in [1.29, 1.82) is 0 Å². The zero-order chi connectivity index (χ0) is 24.8. The molecule has 2 aromatic rings. The number of thioether (sulfide) groups is 1. The predicted octanol–water partition coefficient (Wildman–Crippen LogP) is 3.31. The van der Waals surface area contributed by atoms with Gasteiger partial charge in [-0.25, -0.2) is 0 Å². The normalized spacial score (nSPS) is 21.8. The average Bonchev–Trinajstić information content (AvgIpc) is 2.78. The highest BCUT2D eigenvalue weighted by Gasteiger charge is 2.48. The SMILES string of the molecule is COc1ccc(-c2nccc(C)c2O[C@H]2SC[C@@H](OC(C)=O)[C@H](OC(C)=O)[C@H]2OC(C)=O)cc1. The van der Waals surface area contributed by atoms with Gasteiger partial charge in [-0.15, -0.1) is 11.8 Å². The Morgan fingerprint density at radius 1 is 0.912 bits per heavy atom. The van der Waals surface area contributed by atoms with Gasteiger partial charge in [0.25, 0.3) is 0 Å². The Labute approximate surface area is 202 Å². The number of ether oxygens (including phenoxy) is 5. The number of hydrogen-bond donors (Lipinski definition) is 0. The summed E-state index contributed by atoms with van der Waals surface area (Å²) < 4.78 is 27.9. The lowest BCUT2D eigenvalue weighted by Crippen LogP contribution is -2.55. The van der Waals surface area contributed by atoms with E-state index in [1.165, 1.54) is 32.5 Å². The van der Waals surface area contributed by atoms with E-state index in [1.807, 2.05) is 37.3 Å². The maximum Gasteiger partial charge on any atom is 0.303 e. The Morgan fingerprint density at radius 2 is 1.53 bits per heavy atom. The lowest BCUT2D eigenvalue weighted by molar-refractivity contribution is -0.186. The second-order valence-corrected chi connectivity index (χ2v) is 8.78. The molecule has 10 heteroatoms. The van der Waals surface area contributed by atoms with Gasteiger partial charge < -0.3 is 23.7 Å². The molecule has 0 amide bonds. The summed E-state index contributed by atoms with van der Waals surface area (Å²) in [7, 11) is 1.59. The molecule has 0 aliphatic carbocycles. The summed E-state index contributed by atoms with van der Waals surface area (Å²) in [5, 5.41) is 0. The smallest absolute Gasteiger partial charge is 0.303 e. The van der Waals surface area contributed by atoms with E-state index in [-0.39, 0.29) is 5.75 Å². The molecule has 9 nitrogen and oxygen atoms in total. The van der Waals surface area contributed by atoms with Crippen molar-refractivity contribution in [3.05, 3.63) is 42.1 Å². The molecule has 0 spiro atoms. The molecular formula is C24H27NO8S. The average molecular weight is 490 g/mol. The van der Waals surface area contributed by atoms with E-state index in [1.54, 1.807) is 13.3 Å². The third kappa shape index (κ3) is 6.19. The standard InChI is InChI=1S/C24H27NO8S/c1-13-10-11-25-20(17-6-8-18(29-5)9-7-17)21(13)33-24-23(32-16(4)28)22(31-15(3)27)19(12-34-24)30-14(2)26/h6-11,19,22-24H,12H2,1-5H3/t19-,22+,23-,24+/m1/s1. The zero-order valence-corrected chi connectivity index (χ0v) is 20.4. The summed E-state index contributed by atoms with van der Waals surface area (Å²) in [6.07, 6.45) is -1.17. The van der Waals surface area contributed by atoms with Crippen molar-refractivity contribution >= 4 is 29.7 Å². The minimum atomic E-state index is -1.03. The second-order valence-electron chi connectivity index (χ2n) is 7.65. The number of carbonyl (C=O) groups excluding carboxylic acids is 3. The molecule has 4 atom stereocenters. The summed E-state index contributed by atoms with van der Waals surface area (Å²) in [5.74, 6) is -0.239. The second kappa shape index (κ2) is 11.2. The minimum absolute atomic E-state index is 0.275. The minimum Gasteiger partial charge on any atom is -0.497 e. The van der Waals surface area contributed by atoms with Gasteiger partial charge in [0.05, 0.1) is 7.11 Å². The van der Waals surface area contributed by atoms with Crippen LogP contribution in [0.15, 0.2) is 36.5 Å². The van der Waals surface area contributed by atoms with E-state index in [0.29, 0.717) is 17.2 Å². The third-order valence-corrected chi connectivity index (χ3v) is 6.22. The zero-order valence-electron chi connectivity index (χ0n) is 19.6. The first-order chi connectivity index (χ1) is 16.2. The number of aryl methyl sites for hydroxylation is 1. The number of methoxy groups -OCH3 is 1. The molecule has 0 saturated carbocycles. The Kier molecular flexibility index (Phi) is 8.38. The van der Waals surface area contributed by atoms with E-state index in [2.05, 4.69) is 4.98 Å². The number of nitrogens with zero attached hydrogens (tertiary/aromatic N) is 1. The summed E-state index contributed by atoms with van der Waals surface area (Å²) in [5.41, 5.74) is 1.46. The first-order valence-corrected chi connectivity index (χ1v) is 11.6. The summed E-state index contributed by atoms with van der Waals surface area (Å²) in [6.45, 7) is 5.63. The molecule has 1 aliphatic heterocycles. The molecule has 1 aromatic carbocycles. The predicted molar refractivity (Wildman–Crippen MR) is 124 cm³/mol. The molecule has 1 aromatic heterocycles. The summed E-state index contributed by atoms with van der Waals surface area (Å²) in [6, 6.07) is 9.18. The molecular weight excluding hydrogens is 462 g/mol. The van der Waals surface area contributed by atoms with Crippen molar-refractivity contribution in [2.45, 2.75) is 51.4 Å². The van der Waals surface area contributed by atoms with Crippen molar-refractivity contribution in [3.63, 3.8) is 0 Å². The highest BCUT2D eigenvalue weighted by molar-refractivity contribution is 7.99. The fraction of sp³-hybridized carbons (Fsp3) is 0.417. The van der Waals surface area contributed by atoms with Crippen molar-refractivity contribution < 1.29 is 38.1 Å². The highest BCUT2D eigenvalue weighted by Crippen LogP contribution is 2.38. The van der Waals surface area contributed by atoms with Crippen LogP contribution < -0.4 is 9.47 Å². The van der Waals surface area contributed by atoms with Crippen molar-refractivity contribution in [1.82, 2.24) is 4.98 Å². The number of pyridine rings is 1. The molecule has 0 unspecified atom stereocenters. The van der Waals surface area contributed by atoms with Gasteiger partial charge in [0, 0.05) is 38.3 Å². The van der Waals surface area contributed by atoms with E-state index in [4.69, 9.17) is 23.7 Å². The van der Waals surface area contributed by atoms with Crippen LogP contribution in [0.4, 0.5) is 0 Å². The molecule has 1 aliphatic rings.